The van der Waals surface area contributed by atoms with E-state index in [-0.39, 0.29) is 18.2 Å². The molecule has 30 heavy (non-hydrogen) atoms. The van der Waals surface area contributed by atoms with Crippen LogP contribution in [0.15, 0.2) is 0 Å². The third-order valence-corrected chi connectivity index (χ3v) is 4.89. The van der Waals surface area contributed by atoms with Gasteiger partial charge in [-0.1, -0.05) is 13.8 Å². The van der Waals surface area contributed by atoms with Crippen LogP contribution in [-0.4, -0.2) is 75.5 Å². The fourth-order valence-corrected chi connectivity index (χ4v) is 3.32. The van der Waals surface area contributed by atoms with Crippen LogP contribution in [0.1, 0.15) is 52.9 Å². The van der Waals surface area contributed by atoms with Gasteiger partial charge in [0.05, 0.1) is 6.04 Å². The Bertz CT molecular complexity index is 667. The molecule has 1 fully saturated rings. The fourth-order valence-electron chi connectivity index (χ4n) is 3.32. The number of aliphatic carboxylic acids is 2. The Morgan fingerprint density at radius 1 is 1.10 bits per heavy atom. The minimum Gasteiger partial charge on any atom is -0.481 e. The molecule has 11 heteroatoms. The second-order valence-corrected chi connectivity index (χ2v) is 7.99. The number of rotatable bonds is 11. The number of nitrogens with one attached hydrogen (secondary N) is 2. The summed E-state index contributed by atoms with van der Waals surface area (Å²) in [6.45, 7) is 5.68. The Morgan fingerprint density at radius 2 is 1.73 bits per heavy atom. The Morgan fingerprint density at radius 3 is 2.27 bits per heavy atom. The predicted molar refractivity (Wildman–Crippen MR) is 106 cm³/mol. The maximum Gasteiger partial charge on any atom is 0.326 e. The van der Waals surface area contributed by atoms with Gasteiger partial charge in [0.25, 0.3) is 0 Å². The molecule has 1 rings (SSSR count). The molecule has 0 aliphatic carbocycles. The van der Waals surface area contributed by atoms with Gasteiger partial charge in [0.1, 0.15) is 18.1 Å². The minimum atomic E-state index is -1.38. The zero-order valence-corrected chi connectivity index (χ0v) is 17.6. The van der Waals surface area contributed by atoms with Crippen LogP contribution in [0.5, 0.6) is 0 Å². The van der Waals surface area contributed by atoms with E-state index in [1.165, 1.54) is 11.8 Å². The smallest absolute Gasteiger partial charge is 0.326 e. The van der Waals surface area contributed by atoms with Crippen molar-refractivity contribution in [3.8, 4) is 0 Å². The van der Waals surface area contributed by atoms with E-state index in [9.17, 15) is 24.0 Å². The van der Waals surface area contributed by atoms with Gasteiger partial charge in [-0.15, -0.1) is 0 Å². The van der Waals surface area contributed by atoms with Crippen molar-refractivity contribution in [2.75, 3.05) is 6.54 Å². The van der Waals surface area contributed by atoms with E-state index in [0.717, 1.165) is 0 Å². The normalized spacial score (nSPS) is 19.1. The van der Waals surface area contributed by atoms with E-state index >= 15 is 0 Å². The number of hydrogen-bond acceptors (Lipinski definition) is 6. The van der Waals surface area contributed by atoms with Gasteiger partial charge < -0.3 is 31.5 Å². The highest BCUT2D eigenvalue weighted by Gasteiger charge is 2.37. The molecule has 1 aliphatic rings. The zero-order valence-electron chi connectivity index (χ0n) is 17.6. The fraction of sp³-hybridized carbons (Fsp3) is 0.737. The lowest BCUT2D eigenvalue weighted by atomic mass is 10.0. The van der Waals surface area contributed by atoms with Crippen LogP contribution in [0, 0.1) is 5.92 Å². The molecular weight excluding hydrogens is 396 g/mol. The number of carboxylic acid groups (broad SMARTS) is 2. The van der Waals surface area contributed by atoms with Crippen LogP contribution in [0.3, 0.4) is 0 Å². The van der Waals surface area contributed by atoms with Crippen molar-refractivity contribution in [2.24, 2.45) is 11.7 Å². The van der Waals surface area contributed by atoms with Crippen molar-refractivity contribution in [2.45, 2.75) is 77.0 Å². The summed E-state index contributed by atoms with van der Waals surface area (Å²) in [4.78, 5) is 60.8. The number of nitrogens with zero attached hydrogens (tertiary/aromatic N) is 1. The largest absolute Gasteiger partial charge is 0.481 e. The lowest BCUT2D eigenvalue weighted by molar-refractivity contribution is -0.144. The summed E-state index contributed by atoms with van der Waals surface area (Å²) in [7, 11) is 0. The molecule has 1 aliphatic heterocycles. The first-order chi connectivity index (χ1) is 13.9. The van der Waals surface area contributed by atoms with Crippen LogP contribution in [-0.2, 0) is 24.0 Å². The Labute approximate surface area is 175 Å². The molecule has 0 radical (unpaired) electrons. The van der Waals surface area contributed by atoms with Crippen LogP contribution in [0.25, 0.3) is 0 Å². The summed E-state index contributed by atoms with van der Waals surface area (Å²) in [6.07, 6.45) is 0.866. The topological polar surface area (TPSA) is 179 Å². The SMILES string of the molecule is CC(C)CC(N)C(=O)N1CCCC1C(=O)NC(C)C(=O)NC(CCC(=O)O)C(=O)O. The molecule has 0 saturated carbocycles. The van der Waals surface area contributed by atoms with Crippen LogP contribution >= 0.6 is 0 Å². The van der Waals surface area contributed by atoms with E-state index < -0.39 is 54.3 Å². The Balaban J connectivity index is 2.68. The van der Waals surface area contributed by atoms with E-state index in [2.05, 4.69) is 10.6 Å². The van der Waals surface area contributed by atoms with Gasteiger partial charge in [0.15, 0.2) is 0 Å². The zero-order chi connectivity index (χ0) is 23.0. The summed E-state index contributed by atoms with van der Waals surface area (Å²) in [5.74, 6) is -3.90. The first-order valence-electron chi connectivity index (χ1n) is 10.0. The molecule has 170 valence electrons. The molecule has 4 atom stereocenters. The van der Waals surface area contributed by atoms with Crippen molar-refractivity contribution >= 4 is 29.7 Å². The van der Waals surface area contributed by atoms with E-state index in [0.29, 0.717) is 25.8 Å². The highest BCUT2D eigenvalue weighted by Crippen LogP contribution is 2.20. The molecule has 0 aromatic heterocycles. The van der Waals surface area contributed by atoms with Crippen molar-refractivity contribution in [1.82, 2.24) is 15.5 Å². The van der Waals surface area contributed by atoms with Gasteiger partial charge in [-0.3, -0.25) is 19.2 Å². The molecule has 1 heterocycles. The van der Waals surface area contributed by atoms with Gasteiger partial charge >= 0.3 is 11.9 Å². The third-order valence-electron chi connectivity index (χ3n) is 4.89. The summed E-state index contributed by atoms with van der Waals surface area (Å²) in [5.41, 5.74) is 5.96. The highest BCUT2D eigenvalue weighted by atomic mass is 16.4. The Hall–Kier alpha value is -2.69. The number of amides is 3. The molecular formula is C19H32N4O7. The predicted octanol–water partition coefficient (Wildman–Crippen LogP) is -0.710. The molecule has 0 bridgehead atoms. The van der Waals surface area contributed by atoms with Crippen molar-refractivity contribution in [3.63, 3.8) is 0 Å². The minimum absolute atomic E-state index is 0.228. The number of carboxylic acids is 2. The molecule has 4 unspecified atom stereocenters. The van der Waals surface area contributed by atoms with Gasteiger partial charge in [0.2, 0.25) is 17.7 Å². The highest BCUT2D eigenvalue weighted by molar-refractivity contribution is 5.94. The number of hydrogen-bond donors (Lipinski definition) is 5. The number of carbonyl (C=O) groups is 5. The van der Waals surface area contributed by atoms with Gasteiger partial charge in [-0.2, -0.15) is 0 Å². The van der Waals surface area contributed by atoms with Crippen molar-refractivity contribution in [3.05, 3.63) is 0 Å². The lowest BCUT2D eigenvalue weighted by Gasteiger charge is -2.28. The van der Waals surface area contributed by atoms with Crippen LogP contribution in [0.4, 0.5) is 0 Å². The lowest BCUT2D eigenvalue weighted by Crippen LogP contribution is -2.55. The summed E-state index contributed by atoms with van der Waals surface area (Å²) < 4.78 is 0. The number of likely N-dealkylation sites (tertiary alicyclic amines) is 1. The number of nitrogens with two attached hydrogens (primary N) is 1. The second-order valence-electron chi connectivity index (χ2n) is 7.99. The van der Waals surface area contributed by atoms with Crippen molar-refractivity contribution < 1.29 is 34.2 Å². The first kappa shape index (κ1) is 25.3. The Kier molecular flexibility index (Phi) is 9.70. The molecule has 6 N–H and O–H groups in total. The second kappa shape index (κ2) is 11.5. The standard InChI is InChI=1S/C19H32N4O7/c1-10(2)9-12(20)18(28)23-8-4-5-14(23)17(27)21-11(3)16(26)22-13(19(29)30)6-7-15(24)25/h10-14H,4-9,20H2,1-3H3,(H,21,27)(H,22,26)(H,24,25)(H,29,30). The van der Waals surface area contributed by atoms with E-state index in [1.807, 2.05) is 13.8 Å². The summed E-state index contributed by atoms with van der Waals surface area (Å²) >= 11 is 0. The molecule has 3 amide bonds. The molecule has 0 aromatic rings. The molecule has 11 nitrogen and oxygen atoms in total. The molecule has 1 saturated heterocycles. The quantitative estimate of drug-likeness (QED) is 0.286. The average Bonchev–Trinajstić information content (AvgIpc) is 3.12. The van der Waals surface area contributed by atoms with Crippen molar-refractivity contribution in [1.29, 1.82) is 0 Å². The van der Waals surface area contributed by atoms with E-state index in [1.54, 1.807) is 0 Å². The summed E-state index contributed by atoms with van der Waals surface area (Å²) in [6, 6.07) is -3.89. The van der Waals surface area contributed by atoms with E-state index in [4.69, 9.17) is 15.9 Å². The van der Waals surface area contributed by atoms with Crippen LogP contribution in [0.2, 0.25) is 0 Å². The summed E-state index contributed by atoms with van der Waals surface area (Å²) in [5, 5.41) is 22.5. The number of carbonyl (C=O) groups excluding carboxylic acids is 3. The van der Waals surface area contributed by atoms with Gasteiger partial charge in [-0.25, -0.2) is 4.79 Å². The van der Waals surface area contributed by atoms with Crippen LogP contribution < -0.4 is 16.4 Å². The average molecular weight is 428 g/mol. The third kappa shape index (κ3) is 7.62. The van der Waals surface area contributed by atoms with Gasteiger partial charge in [-0.05, 0) is 38.5 Å². The monoisotopic (exact) mass is 428 g/mol. The maximum atomic E-state index is 12.6. The molecule has 0 aromatic carbocycles. The molecule has 0 spiro atoms. The maximum absolute atomic E-state index is 12.6. The first-order valence-corrected chi connectivity index (χ1v) is 10.0. The van der Waals surface area contributed by atoms with Gasteiger partial charge in [0, 0.05) is 13.0 Å².